The van der Waals surface area contributed by atoms with Crippen molar-refractivity contribution in [1.82, 2.24) is 0 Å². The minimum absolute atomic E-state index is 0.0921. The van der Waals surface area contributed by atoms with E-state index in [1.54, 1.807) is 6.08 Å². The molecule has 0 heterocycles. The molecule has 0 saturated carbocycles. The van der Waals surface area contributed by atoms with Crippen LogP contribution in [0.1, 0.15) is 5.56 Å². The first kappa shape index (κ1) is 12.8. The third kappa shape index (κ3) is 5.99. The molecule has 1 rings (SSSR count). The number of carbonyl (C=O) groups is 2. The topological polar surface area (TPSA) is 61.8 Å². The average molecular weight is 236 g/mol. The van der Waals surface area contributed by atoms with Gasteiger partial charge in [-0.2, -0.15) is 0 Å². The van der Waals surface area contributed by atoms with Crippen LogP contribution in [0.2, 0.25) is 0 Å². The summed E-state index contributed by atoms with van der Waals surface area (Å²) in [7, 11) is 0. The van der Waals surface area contributed by atoms with Crippen molar-refractivity contribution in [3.8, 4) is 0 Å². The number of hydrogen-bond donors (Lipinski definition) is 0. The van der Waals surface area contributed by atoms with Gasteiger partial charge in [-0.15, -0.1) is 0 Å². The second kappa shape index (κ2) is 7.92. The van der Waals surface area contributed by atoms with E-state index >= 15 is 0 Å². The van der Waals surface area contributed by atoms with Gasteiger partial charge in [-0.1, -0.05) is 36.4 Å². The first-order chi connectivity index (χ1) is 8.33. The molecule has 0 unspecified atom stereocenters. The second-order valence-corrected chi connectivity index (χ2v) is 2.90. The van der Waals surface area contributed by atoms with Crippen LogP contribution in [0.4, 0.5) is 4.79 Å². The summed E-state index contributed by atoms with van der Waals surface area (Å²) >= 11 is 0. The normalized spacial score (nSPS) is 9.88. The van der Waals surface area contributed by atoms with Crippen molar-refractivity contribution >= 4 is 18.7 Å². The molecule has 0 N–H and O–H groups in total. The molecule has 90 valence electrons. The summed E-state index contributed by atoms with van der Waals surface area (Å²) in [5, 5.41) is 0. The molecule has 5 heteroatoms. The van der Waals surface area contributed by atoms with Gasteiger partial charge in [0, 0.05) is 0 Å². The number of benzene rings is 1. The zero-order valence-corrected chi connectivity index (χ0v) is 9.07. The Bertz CT molecular complexity index is 372. The largest absolute Gasteiger partial charge is 0.511 e. The molecule has 0 saturated heterocycles. The monoisotopic (exact) mass is 236 g/mol. The predicted molar refractivity (Wildman–Crippen MR) is 59.9 cm³/mol. The highest BCUT2D eigenvalue weighted by Crippen LogP contribution is 2.00. The average Bonchev–Trinajstić information content (AvgIpc) is 2.36. The fourth-order valence-electron chi connectivity index (χ4n) is 1.02. The Balaban J connectivity index is 2.17. The van der Waals surface area contributed by atoms with E-state index in [2.05, 4.69) is 14.2 Å². The van der Waals surface area contributed by atoms with E-state index in [0.717, 1.165) is 5.56 Å². The molecule has 1 aromatic carbocycles. The first-order valence-electron chi connectivity index (χ1n) is 4.89. The standard InChI is InChI=1S/C12H12O5/c13-9-15-10-17-12(14)16-8-4-7-11-5-2-1-3-6-11/h1-7,9H,8,10H2. The lowest BCUT2D eigenvalue weighted by atomic mass is 10.2. The van der Waals surface area contributed by atoms with E-state index in [9.17, 15) is 9.59 Å². The van der Waals surface area contributed by atoms with E-state index in [4.69, 9.17) is 0 Å². The van der Waals surface area contributed by atoms with Crippen LogP contribution < -0.4 is 0 Å². The van der Waals surface area contributed by atoms with E-state index in [-0.39, 0.29) is 13.1 Å². The second-order valence-electron chi connectivity index (χ2n) is 2.90. The molecule has 17 heavy (non-hydrogen) atoms. The molecule has 0 aliphatic carbocycles. The fraction of sp³-hybridized carbons (Fsp3) is 0.167. The lowest BCUT2D eigenvalue weighted by Gasteiger charge is -2.02. The third-order valence-electron chi connectivity index (χ3n) is 1.72. The third-order valence-corrected chi connectivity index (χ3v) is 1.72. The van der Waals surface area contributed by atoms with Gasteiger partial charge in [-0.25, -0.2) is 4.79 Å². The zero-order chi connectivity index (χ0) is 12.3. The van der Waals surface area contributed by atoms with E-state index in [1.165, 1.54) is 0 Å². The molecular formula is C12H12O5. The maximum atomic E-state index is 10.9. The molecule has 0 spiro atoms. The van der Waals surface area contributed by atoms with E-state index < -0.39 is 12.9 Å². The highest BCUT2D eigenvalue weighted by molar-refractivity contribution is 5.60. The van der Waals surface area contributed by atoms with Gasteiger partial charge in [0.2, 0.25) is 6.79 Å². The Morgan fingerprint density at radius 1 is 1.18 bits per heavy atom. The highest BCUT2D eigenvalue weighted by atomic mass is 16.8. The van der Waals surface area contributed by atoms with Gasteiger partial charge in [-0.3, -0.25) is 4.79 Å². The summed E-state index contributed by atoms with van der Waals surface area (Å²) in [6.45, 7) is -0.165. The number of hydrogen-bond acceptors (Lipinski definition) is 5. The Labute approximate surface area is 98.6 Å². The number of carbonyl (C=O) groups excluding carboxylic acids is 2. The fourth-order valence-corrected chi connectivity index (χ4v) is 1.02. The van der Waals surface area contributed by atoms with Crippen molar-refractivity contribution in [3.63, 3.8) is 0 Å². The molecular weight excluding hydrogens is 224 g/mol. The Hall–Kier alpha value is -2.30. The van der Waals surface area contributed by atoms with Crippen LogP contribution in [0.15, 0.2) is 36.4 Å². The van der Waals surface area contributed by atoms with Crippen molar-refractivity contribution in [2.75, 3.05) is 13.4 Å². The lowest BCUT2D eigenvalue weighted by molar-refractivity contribution is -0.137. The van der Waals surface area contributed by atoms with Gasteiger partial charge in [0.15, 0.2) is 0 Å². The molecule has 0 aromatic heterocycles. The van der Waals surface area contributed by atoms with Gasteiger partial charge in [0.1, 0.15) is 6.61 Å². The van der Waals surface area contributed by atoms with Crippen LogP contribution in [-0.2, 0) is 19.0 Å². The molecule has 0 amide bonds. The molecule has 0 aliphatic rings. The maximum Gasteiger partial charge on any atom is 0.511 e. The van der Waals surface area contributed by atoms with Crippen molar-refractivity contribution in [2.24, 2.45) is 0 Å². The molecule has 1 aromatic rings. The van der Waals surface area contributed by atoms with Crippen LogP contribution in [0.3, 0.4) is 0 Å². The van der Waals surface area contributed by atoms with Gasteiger partial charge < -0.3 is 14.2 Å². The van der Waals surface area contributed by atoms with Crippen LogP contribution in [0.25, 0.3) is 6.08 Å². The summed E-state index contributed by atoms with van der Waals surface area (Å²) in [6.07, 6.45) is 2.61. The molecule has 0 radical (unpaired) electrons. The summed E-state index contributed by atoms with van der Waals surface area (Å²) in [6, 6.07) is 9.58. The van der Waals surface area contributed by atoms with Crippen LogP contribution in [0.5, 0.6) is 0 Å². The van der Waals surface area contributed by atoms with Gasteiger partial charge >= 0.3 is 6.16 Å². The van der Waals surface area contributed by atoms with Crippen LogP contribution in [-0.4, -0.2) is 26.0 Å². The van der Waals surface area contributed by atoms with Gasteiger partial charge in [0.25, 0.3) is 6.47 Å². The van der Waals surface area contributed by atoms with Gasteiger partial charge in [-0.05, 0) is 11.6 Å². The zero-order valence-electron chi connectivity index (χ0n) is 9.07. The molecule has 0 atom stereocenters. The smallest absolute Gasteiger partial charge is 0.430 e. The summed E-state index contributed by atoms with van der Waals surface area (Å²) in [4.78, 5) is 20.6. The van der Waals surface area contributed by atoms with Crippen molar-refractivity contribution in [1.29, 1.82) is 0 Å². The number of ether oxygens (including phenoxy) is 3. The molecule has 0 fully saturated rings. The summed E-state index contributed by atoms with van der Waals surface area (Å²) in [5.74, 6) is 0. The van der Waals surface area contributed by atoms with E-state index in [0.29, 0.717) is 0 Å². The quantitative estimate of drug-likeness (QED) is 0.327. The maximum absolute atomic E-state index is 10.9. The summed E-state index contributed by atoms with van der Waals surface area (Å²) in [5.41, 5.74) is 1.01. The van der Waals surface area contributed by atoms with Gasteiger partial charge in [0.05, 0.1) is 0 Å². The Kier molecular flexibility index (Phi) is 5.95. The Morgan fingerprint density at radius 2 is 1.94 bits per heavy atom. The molecule has 5 nitrogen and oxygen atoms in total. The van der Waals surface area contributed by atoms with Crippen LogP contribution >= 0.6 is 0 Å². The predicted octanol–water partition coefficient (Wildman–Crippen LogP) is 1.98. The van der Waals surface area contributed by atoms with E-state index in [1.807, 2.05) is 36.4 Å². The SMILES string of the molecule is O=COCOC(=O)OCC=Cc1ccccc1. The summed E-state index contributed by atoms with van der Waals surface area (Å²) < 4.78 is 13.2. The Morgan fingerprint density at radius 3 is 2.65 bits per heavy atom. The van der Waals surface area contributed by atoms with Crippen molar-refractivity contribution in [2.45, 2.75) is 0 Å². The first-order valence-corrected chi connectivity index (χ1v) is 4.89. The highest BCUT2D eigenvalue weighted by Gasteiger charge is 2.00. The van der Waals surface area contributed by atoms with Crippen LogP contribution in [0, 0.1) is 0 Å². The molecule has 0 bridgehead atoms. The minimum Gasteiger partial charge on any atom is -0.430 e. The molecule has 0 aliphatic heterocycles. The minimum atomic E-state index is -0.885. The lowest BCUT2D eigenvalue weighted by Crippen LogP contribution is -2.09. The van der Waals surface area contributed by atoms with Crippen molar-refractivity contribution in [3.05, 3.63) is 42.0 Å². The van der Waals surface area contributed by atoms with Crippen molar-refractivity contribution < 1.29 is 23.8 Å². The number of rotatable bonds is 6.